The van der Waals surface area contributed by atoms with E-state index in [9.17, 15) is 10.2 Å². The van der Waals surface area contributed by atoms with Crippen molar-refractivity contribution in [3.63, 3.8) is 0 Å². The van der Waals surface area contributed by atoms with E-state index < -0.39 is 6.10 Å². The molecule has 2 N–H and O–H groups in total. The van der Waals surface area contributed by atoms with Crippen LogP contribution in [0.2, 0.25) is 10.0 Å². The monoisotopic (exact) mass is 316 g/mol. The molecule has 5 nitrogen and oxygen atoms in total. The first kappa shape index (κ1) is 15.1. The Hall–Kier alpha value is -1.27. The molecule has 0 aliphatic heterocycles. The normalized spacial score (nSPS) is 12.6. The smallest absolute Gasteiger partial charge is 0.139 e. The van der Waals surface area contributed by atoms with E-state index in [1.54, 1.807) is 12.3 Å². The van der Waals surface area contributed by atoms with Gasteiger partial charge in [-0.05, 0) is 19.1 Å². The average Bonchev–Trinajstić information content (AvgIpc) is 2.90. The molecule has 1 aromatic carbocycles. The highest BCUT2D eigenvalue weighted by atomic mass is 35.5. The zero-order valence-corrected chi connectivity index (χ0v) is 12.3. The summed E-state index contributed by atoms with van der Waals surface area (Å²) in [5.74, 6) is -0.129. The predicted molar refractivity (Wildman–Crippen MR) is 76.0 cm³/mol. The van der Waals surface area contributed by atoms with Crippen LogP contribution in [-0.4, -0.2) is 26.6 Å². The number of aromatic nitrogens is 2. The van der Waals surface area contributed by atoms with Crippen molar-refractivity contribution >= 4 is 23.2 Å². The van der Waals surface area contributed by atoms with Gasteiger partial charge in [-0.25, -0.2) is 4.68 Å². The second kappa shape index (κ2) is 6.45. The quantitative estimate of drug-likeness (QED) is 0.890. The van der Waals surface area contributed by atoms with Crippen LogP contribution in [0.15, 0.2) is 24.4 Å². The second-order valence-electron chi connectivity index (χ2n) is 4.08. The minimum Gasteiger partial charge on any atom is -0.506 e. The molecule has 1 unspecified atom stereocenters. The fourth-order valence-electron chi connectivity index (χ4n) is 1.79. The molecule has 0 saturated heterocycles. The van der Waals surface area contributed by atoms with E-state index in [4.69, 9.17) is 27.9 Å². The summed E-state index contributed by atoms with van der Waals surface area (Å²) in [7, 11) is 0. The number of hydrogen-bond donors (Lipinski definition) is 2. The van der Waals surface area contributed by atoms with E-state index in [0.29, 0.717) is 17.9 Å². The largest absolute Gasteiger partial charge is 0.506 e. The predicted octanol–water partition coefficient (Wildman–Crippen LogP) is 2.97. The molecule has 0 fully saturated rings. The fourth-order valence-corrected chi connectivity index (χ4v) is 2.22. The highest BCUT2D eigenvalue weighted by Crippen LogP contribution is 2.38. The lowest BCUT2D eigenvalue weighted by Crippen LogP contribution is -2.12. The Kier molecular flexibility index (Phi) is 4.88. The molecular weight excluding hydrogens is 303 g/mol. The maximum atomic E-state index is 10.4. The molecule has 0 spiro atoms. The summed E-state index contributed by atoms with van der Waals surface area (Å²) < 4.78 is 6.80. The lowest BCUT2D eigenvalue weighted by molar-refractivity contribution is 0.0709. The summed E-state index contributed by atoms with van der Waals surface area (Å²) in [6.45, 7) is 2.65. The summed E-state index contributed by atoms with van der Waals surface area (Å²) in [6, 6.07) is 4.57. The molecule has 0 radical (unpaired) electrons. The molecule has 1 atom stereocenters. The molecular formula is C13H14Cl2N2O3. The zero-order chi connectivity index (χ0) is 14.7. The van der Waals surface area contributed by atoms with E-state index in [0.717, 1.165) is 0 Å². The van der Waals surface area contributed by atoms with Crippen LogP contribution in [-0.2, 0) is 11.5 Å². The van der Waals surface area contributed by atoms with Gasteiger partial charge in [0.05, 0.1) is 10.7 Å². The van der Waals surface area contributed by atoms with E-state index in [-0.39, 0.29) is 22.5 Å². The topological polar surface area (TPSA) is 67.5 Å². The second-order valence-corrected chi connectivity index (χ2v) is 4.84. The molecule has 108 valence electrons. The van der Waals surface area contributed by atoms with Crippen LogP contribution < -0.4 is 0 Å². The van der Waals surface area contributed by atoms with Gasteiger partial charge in [0.2, 0.25) is 0 Å². The molecule has 0 aliphatic rings. The summed E-state index contributed by atoms with van der Waals surface area (Å²) in [6.07, 6.45) is 0.552. The zero-order valence-electron chi connectivity index (χ0n) is 10.8. The summed E-state index contributed by atoms with van der Waals surface area (Å²) in [5.41, 5.74) is 0.926. The van der Waals surface area contributed by atoms with Crippen LogP contribution >= 0.6 is 23.2 Å². The van der Waals surface area contributed by atoms with Crippen molar-refractivity contribution in [2.75, 3.05) is 6.61 Å². The van der Waals surface area contributed by atoms with Gasteiger partial charge in [0.25, 0.3) is 0 Å². The number of phenolic OH excluding ortho intramolecular Hbond substituents is 1. The number of nitrogens with zero attached hydrogens (tertiary/aromatic N) is 2. The Morgan fingerprint density at radius 2 is 2.05 bits per heavy atom. The highest BCUT2D eigenvalue weighted by Gasteiger charge is 2.20. The molecule has 1 heterocycles. The number of aliphatic hydroxyl groups is 1. The molecule has 0 saturated carbocycles. The Morgan fingerprint density at radius 1 is 1.30 bits per heavy atom. The Balaban J connectivity index is 2.34. The fraction of sp³-hybridized carbons (Fsp3) is 0.308. The van der Waals surface area contributed by atoms with Crippen LogP contribution in [0.25, 0.3) is 0 Å². The van der Waals surface area contributed by atoms with Gasteiger partial charge in [0, 0.05) is 18.4 Å². The van der Waals surface area contributed by atoms with Crippen LogP contribution in [0.3, 0.4) is 0 Å². The Bertz CT molecular complexity index is 601. The van der Waals surface area contributed by atoms with Crippen molar-refractivity contribution in [3.05, 3.63) is 45.7 Å². The average molecular weight is 317 g/mol. The third-order valence-corrected chi connectivity index (χ3v) is 3.72. The molecule has 7 heteroatoms. The minimum absolute atomic E-state index is 0.0130. The number of aromatic hydroxyl groups is 1. The van der Waals surface area contributed by atoms with Crippen molar-refractivity contribution in [3.8, 4) is 5.75 Å². The van der Waals surface area contributed by atoms with Crippen molar-refractivity contribution in [1.29, 1.82) is 0 Å². The maximum absolute atomic E-state index is 10.4. The number of hydrogen-bond acceptors (Lipinski definition) is 4. The first-order chi connectivity index (χ1) is 9.56. The first-order valence-corrected chi connectivity index (χ1v) is 6.76. The highest BCUT2D eigenvalue weighted by molar-refractivity contribution is 6.43. The number of aliphatic hydroxyl groups excluding tert-OH is 1. The SMILES string of the molecule is CCOCn1nccc1C(O)c1ccc(O)c(Cl)c1Cl. The van der Waals surface area contributed by atoms with Crippen LogP contribution in [0.1, 0.15) is 24.3 Å². The van der Waals surface area contributed by atoms with Gasteiger partial charge in [-0.3, -0.25) is 0 Å². The van der Waals surface area contributed by atoms with Gasteiger partial charge >= 0.3 is 0 Å². The summed E-state index contributed by atoms with van der Waals surface area (Å²) in [5, 5.41) is 24.1. The Labute approximate surface area is 126 Å². The minimum atomic E-state index is -1.01. The lowest BCUT2D eigenvalue weighted by atomic mass is 10.1. The van der Waals surface area contributed by atoms with E-state index in [1.807, 2.05) is 6.92 Å². The van der Waals surface area contributed by atoms with Crippen molar-refractivity contribution in [2.45, 2.75) is 19.8 Å². The standard InChI is InChI=1S/C13H14Cl2N2O3/c1-2-20-7-17-9(5-6-16-17)13(19)8-3-4-10(18)12(15)11(8)14/h3-6,13,18-19H,2,7H2,1H3. The van der Waals surface area contributed by atoms with Crippen molar-refractivity contribution in [2.24, 2.45) is 0 Å². The van der Waals surface area contributed by atoms with E-state index in [2.05, 4.69) is 5.10 Å². The van der Waals surface area contributed by atoms with E-state index in [1.165, 1.54) is 16.8 Å². The summed E-state index contributed by atoms with van der Waals surface area (Å²) in [4.78, 5) is 0. The molecule has 2 rings (SSSR count). The molecule has 1 aromatic heterocycles. The Morgan fingerprint density at radius 3 is 2.75 bits per heavy atom. The lowest BCUT2D eigenvalue weighted by Gasteiger charge is -2.16. The van der Waals surface area contributed by atoms with Crippen molar-refractivity contribution < 1.29 is 14.9 Å². The number of rotatable bonds is 5. The van der Waals surface area contributed by atoms with Gasteiger partial charge in [-0.15, -0.1) is 0 Å². The van der Waals surface area contributed by atoms with Gasteiger partial charge < -0.3 is 14.9 Å². The number of phenols is 1. The molecule has 20 heavy (non-hydrogen) atoms. The molecule has 0 bridgehead atoms. The van der Waals surface area contributed by atoms with Gasteiger partial charge in [-0.2, -0.15) is 5.10 Å². The van der Waals surface area contributed by atoms with Crippen LogP contribution in [0, 0.1) is 0 Å². The van der Waals surface area contributed by atoms with Gasteiger partial charge in [-0.1, -0.05) is 29.3 Å². The van der Waals surface area contributed by atoms with Crippen LogP contribution in [0.5, 0.6) is 5.75 Å². The number of benzene rings is 1. The van der Waals surface area contributed by atoms with Gasteiger partial charge in [0.15, 0.2) is 0 Å². The molecule has 0 aliphatic carbocycles. The summed E-state index contributed by atoms with van der Waals surface area (Å²) >= 11 is 11.9. The molecule has 2 aromatic rings. The third-order valence-electron chi connectivity index (χ3n) is 2.83. The number of halogens is 2. The first-order valence-electron chi connectivity index (χ1n) is 6.00. The number of ether oxygens (including phenoxy) is 1. The maximum Gasteiger partial charge on any atom is 0.139 e. The molecule has 0 amide bonds. The van der Waals surface area contributed by atoms with Gasteiger partial charge in [0.1, 0.15) is 23.6 Å². The third kappa shape index (κ3) is 2.91. The van der Waals surface area contributed by atoms with Crippen molar-refractivity contribution in [1.82, 2.24) is 9.78 Å². The van der Waals surface area contributed by atoms with Crippen LogP contribution in [0.4, 0.5) is 0 Å². The van der Waals surface area contributed by atoms with E-state index >= 15 is 0 Å².